The Balaban J connectivity index is 1.91. The van der Waals surface area contributed by atoms with Crippen LogP contribution in [-0.4, -0.2) is 24.2 Å². The fourth-order valence-electron chi connectivity index (χ4n) is 2.38. The first-order chi connectivity index (χ1) is 7.60. The fourth-order valence-corrected chi connectivity index (χ4v) is 2.55. The van der Waals surface area contributed by atoms with Crippen LogP contribution in [-0.2, 0) is 0 Å². The average molecular weight is 238 g/mol. The van der Waals surface area contributed by atoms with Gasteiger partial charge in [-0.1, -0.05) is 11.6 Å². The molecule has 1 saturated carbocycles. The highest BCUT2D eigenvalue weighted by atomic mass is 35.5. The van der Waals surface area contributed by atoms with E-state index in [4.69, 9.17) is 16.7 Å². The number of carbonyl (C=O) groups is 1. The van der Waals surface area contributed by atoms with E-state index in [1.54, 1.807) is 12.1 Å². The molecule has 0 atom stereocenters. The second-order valence-electron chi connectivity index (χ2n) is 4.82. The Labute approximate surface area is 98.6 Å². The van der Waals surface area contributed by atoms with Crippen molar-refractivity contribution in [2.45, 2.75) is 12.8 Å². The quantitative estimate of drug-likeness (QED) is 0.860. The predicted octanol–water partition coefficient (Wildman–Crippen LogP) is 2.64. The molecule has 1 aromatic rings. The van der Waals surface area contributed by atoms with Gasteiger partial charge in [-0.2, -0.15) is 0 Å². The highest BCUT2D eigenvalue weighted by Crippen LogP contribution is 2.54. The summed E-state index contributed by atoms with van der Waals surface area (Å²) < 4.78 is 0. The number of halogens is 1. The summed E-state index contributed by atoms with van der Waals surface area (Å²) in [6, 6.07) is 5.08. The minimum absolute atomic E-state index is 0.308. The Bertz CT molecular complexity index is 460. The van der Waals surface area contributed by atoms with Crippen molar-refractivity contribution >= 4 is 23.3 Å². The molecule has 0 bridgehead atoms. The SMILES string of the molecule is O=C(O)c1cc(Cl)ccc1N1CC2(CC2)C1. The third-order valence-corrected chi connectivity index (χ3v) is 3.77. The second kappa shape index (κ2) is 3.14. The Kier molecular flexibility index (Phi) is 1.96. The minimum Gasteiger partial charge on any atom is -0.478 e. The van der Waals surface area contributed by atoms with Crippen LogP contribution < -0.4 is 4.90 Å². The van der Waals surface area contributed by atoms with Crippen LogP contribution in [0, 0.1) is 5.41 Å². The number of benzene rings is 1. The molecule has 1 aromatic carbocycles. The largest absolute Gasteiger partial charge is 0.478 e. The van der Waals surface area contributed by atoms with E-state index < -0.39 is 5.97 Å². The highest BCUT2D eigenvalue weighted by molar-refractivity contribution is 6.31. The lowest BCUT2D eigenvalue weighted by atomic mass is 9.95. The molecule has 1 aliphatic carbocycles. The molecule has 1 N–H and O–H groups in total. The van der Waals surface area contributed by atoms with Crippen molar-refractivity contribution in [2.24, 2.45) is 5.41 Å². The first-order valence-electron chi connectivity index (χ1n) is 5.38. The van der Waals surface area contributed by atoms with Gasteiger partial charge in [0.1, 0.15) is 0 Å². The van der Waals surface area contributed by atoms with Crippen LogP contribution in [0.3, 0.4) is 0 Å². The number of hydrogen-bond donors (Lipinski definition) is 1. The first kappa shape index (κ1) is 9.97. The van der Waals surface area contributed by atoms with E-state index in [-0.39, 0.29) is 0 Å². The molecule has 2 fully saturated rings. The standard InChI is InChI=1S/C12H12ClNO2/c13-8-1-2-10(9(5-8)11(15)16)14-6-12(7-14)3-4-12/h1-2,5H,3-4,6-7H2,(H,15,16). The molecule has 0 unspecified atom stereocenters. The number of carboxylic acids is 1. The van der Waals surface area contributed by atoms with Crippen molar-refractivity contribution in [1.82, 2.24) is 0 Å². The number of nitrogens with zero attached hydrogens (tertiary/aromatic N) is 1. The van der Waals surface area contributed by atoms with Crippen LogP contribution in [0.25, 0.3) is 0 Å². The van der Waals surface area contributed by atoms with Crippen molar-refractivity contribution in [3.63, 3.8) is 0 Å². The molecule has 3 nitrogen and oxygen atoms in total. The highest BCUT2D eigenvalue weighted by Gasteiger charge is 2.52. The van der Waals surface area contributed by atoms with Gasteiger partial charge in [0.2, 0.25) is 0 Å². The van der Waals surface area contributed by atoms with E-state index in [9.17, 15) is 4.79 Å². The van der Waals surface area contributed by atoms with E-state index in [0.717, 1.165) is 18.8 Å². The molecule has 1 aliphatic heterocycles. The molecule has 0 aromatic heterocycles. The van der Waals surface area contributed by atoms with Gasteiger partial charge in [0, 0.05) is 23.5 Å². The van der Waals surface area contributed by atoms with E-state index in [1.165, 1.54) is 18.9 Å². The van der Waals surface area contributed by atoms with Gasteiger partial charge in [-0.25, -0.2) is 4.79 Å². The molecular weight excluding hydrogens is 226 g/mol. The number of hydrogen-bond acceptors (Lipinski definition) is 2. The zero-order chi connectivity index (χ0) is 11.3. The molecule has 3 rings (SSSR count). The molecule has 0 amide bonds. The van der Waals surface area contributed by atoms with E-state index in [2.05, 4.69) is 4.90 Å². The van der Waals surface area contributed by atoms with Crippen LogP contribution in [0.4, 0.5) is 5.69 Å². The maximum absolute atomic E-state index is 11.1. The molecular formula is C12H12ClNO2. The zero-order valence-corrected chi connectivity index (χ0v) is 9.50. The summed E-state index contributed by atoms with van der Waals surface area (Å²) in [5.74, 6) is -0.908. The van der Waals surface area contributed by atoms with Crippen molar-refractivity contribution in [3.05, 3.63) is 28.8 Å². The Morgan fingerprint density at radius 1 is 1.38 bits per heavy atom. The lowest BCUT2D eigenvalue weighted by molar-refractivity contribution is 0.0697. The van der Waals surface area contributed by atoms with Crippen LogP contribution in [0.15, 0.2) is 18.2 Å². The monoisotopic (exact) mass is 237 g/mol. The number of rotatable bonds is 2. The summed E-state index contributed by atoms with van der Waals surface area (Å²) in [7, 11) is 0. The zero-order valence-electron chi connectivity index (χ0n) is 8.74. The fraction of sp³-hybridized carbons (Fsp3) is 0.417. The van der Waals surface area contributed by atoms with Gasteiger partial charge < -0.3 is 10.0 Å². The summed E-state index contributed by atoms with van der Waals surface area (Å²) in [6.07, 6.45) is 2.58. The number of anilines is 1. The molecule has 2 aliphatic rings. The predicted molar refractivity (Wildman–Crippen MR) is 62.3 cm³/mol. The van der Waals surface area contributed by atoms with Crippen LogP contribution in [0.5, 0.6) is 0 Å². The minimum atomic E-state index is -0.908. The summed E-state index contributed by atoms with van der Waals surface area (Å²) >= 11 is 5.81. The summed E-state index contributed by atoms with van der Waals surface area (Å²) in [4.78, 5) is 13.2. The average Bonchev–Trinajstić information content (AvgIpc) is 2.95. The summed E-state index contributed by atoms with van der Waals surface area (Å²) in [5, 5.41) is 9.59. The van der Waals surface area contributed by atoms with Gasteiger partial charge in [-0.3, -0.25) is 0 Å². The lowest BCUT2D eigenvalue weighted by Crippen LogP contribution is -2.49. The van der Waals surface area contributed by atoms with Gasteiger partial charge in [-0.05, 0) is 31.0 Å². The normalized spacial score (nSPS) is 20.7. The molecule has 1 spiro atoms. The van der Waals surface area contributed by atoms with Crippen LogP contribution in [0.1, 0.15) is 23.2 Å². The first-order valence-corrected chi connectivity index (χ1v) is 5.75. The molecule has 16 heavy (non-hydrogen) atoms. The van der Waals surface area contributed by atoms with Gasteiger partial charge in [-0.15, -0.1) is 0 Å². The molecule has 0 radical (unpaired) electrons. The lowest BCUT2D eigenvalue weighted by Gasteiger charge is -2.42. The third-order valence-electron chi connectivity index (χ3n) is 3.54. The van der Waals surface area contributed by atoms with Crippen molar-refractivity contribution in [3.8, 4) is 0 Å². The van der Waals surface area contributed by atoms with Gasteiger partial charge in [0.15, 0.2) is 0 Å². The molecule has 84 valence electrons. The summed E-state index contributed by atoms with van der Waals surface area (Å²) in [6.45, 7) is 1.99. The van der Waals surface area contributed by atoms with E-state index in [1.807, 2.05) is 0 Å². The number of aromatic carboxylic acids is 1. The number of carboxylic acid groups (broad SMARTS) is 1. The van der Waals surface area contributed by atoms with Crippen molar-refractivity contribution in [1.29, 1.82) is 0 Å². The van der Waals surface area contributed by atoms with Crippen molar-refractivity contribution in [2.75, 3.05) is 18.0 Å². The second-order valence-corrected chi connectivity index (χ2v) is 5.26. The molecule has 1 saturated heterocycles. The Morgan fingerprint density at radius 2 is 2.06 bits per heavy atom. The molecule has 4 heteroatoms. The van der Waals surface area contributed by atoms with Crippen LogP contribution >= 0.6 is 11.6 Å². The van der Waals surface area contributed by atoms with E-state index in [0.29, 0.717) is 16.0 Å². The third kappa shape index (κ3) is 1.47. The Hall–Kier alpha value is -1.22. The Morgan fingerprint density at radius 3 is 2.62 bits per heavy atom. The van der Waals surface area contributed by atoms with Crippen LogP contribution in [0.2, 0.25) is 5.02 Å². The van der Waals surface area contributed by atoms with Gasteiger partial charge >= 0.3 is 5.97 Å². The molecule has 1 heterocycles. The smallest absolute Gasteiger partial charge is 0.337 e. The van der Waals surface area contributed by atoms with Crippen molar-refractivity contribution < 1.29 is 9.90 Å². The maximum Gasteiger partial charge on any atom is 0.337 e. The topological polar surface area (TPSA) is 40.5 Å². The maximum atomic E-state index is 11.1. The summed E-state index contributed by atoms with van der Waals surface area (Å²) in [5.41, 5.74) is 1.63. The van der Waals surface area contributed by atoms with E-state index >= 15 is 0 Å². The van der Waals surface area contributed by atoms with Gasteiger partial charge in [0.25, 0.3) is 0 Å². The van der Waals surface area contributed by atoms with Gasteiger partial charge in [0.05, 0.1) is 11.3 Å².